The Morgan fingerprint density at radius 2 is 2.44 bits per heavy atom. The van der Waals surface area contributed by atoms with E-state index in [4.69, 9.17) is 6.42 Å². The van der Waals surface area contributed by atoms with Crippen molar-refractivity contribution in [3.05, 3.63) is 0 Å². The highest BCUT2D eigenvalue weighted by atomic mass is 16.2. The summed E-state index contributed by atoms with van der Waals surface area (Å²) in [6.07, 6.45) is 7.56. The van der Waals surface area contributed by atoms with E-state index in [1.54, 1.807) is 0 Å². The second-order valence-corrected chi connectivity index (χ2v) is 4.45. The molecule has 1 unspecified atom stereocenters. The van der Waals surface area contributed by atoms with Gasteiger partial charge in [0.1, 0.15) is 0 Å². The van der Waals surface area contributed by atoms with Gasteiger partial charge in [0.15, 0.2) is 0 Å². The molecule has 0 aromatic heterocycles. The summed E-state index contributed by atoms with van der Waals surface area (Å²) >= 11 is 0. The summed E-state index contributed by atoms with van der Waals surface area (Å²) in [6.45, 7) is 2.85. The van der Waals surface area contributed by atoms with E-state index in [1.807, 2.05) is 7.05 Å². The van der Waals surface area contributed by atoms with E-state index in [1.165, 1.54) is 19.4 Å². The number of likely N-dealkylation sites (N-methyl/N-ethyl adjacent to an activating group) is 2. The van der Waals surface area contributed by atoms with Gasteiger partial charge in [-0.05, 0) is 33.5 Å². The van der Waals surface area contributed by atoms with Crippen LogP contribution in [0.4, 0.5) is 0 Å². The average Bonchev–Trinajstić information content (AvgIpc) is 2.61. The number of amides is 1. The molecule has 1 aliphatic heterocycles. The standard InChI is InChI=1S/C12H21N3O/c1-4-7-13-12(16)10-14(2)9-11-6-5-8-15(11)3/h1,11H,5-10H2,2-3H3,(H,13,16). The molecule has 90 valence electrons. The maximum Gasteiger partial charge on any atom is 0.234 e. The van der Waals surface area contributed by atoms with E-state index < -0.39 is 0 Å². The Kier molecular flexibility index (Phi) is 5.30. The van der Waals surface area contributed by atoms with E-state index >= 15 is 0 Å². The normalized spacial score (nSPS) is 21.0. The van der Waals surface area contributed by atoms with E-state index in [0.717, 1.165) is 6.54 Å². The number of nitrogens with one attached hydrogen (secondary N) is 1. The van der Waals surface area contributed by atoms with Gasteiger partial charge in [-0.3, -0.25) is 9.69 Å². The molecule has 0 saturated carbocycles. The Bertz CT molecular complexity index is 272. The van der Waals surface area contributed by atoms with Crippen molar-refractivity contribution in [1.82, 2.24) is 15.1 Å². The van der Waals surface area contributed by atoms with Crippen LogP contribution in [-0.2, 0) is 4.79 Å². The molecule has 0 aromatic carbocycles. The van der Waals surface area contributed by atoms with Crippen LogP contribution in [0.25, 0.3) is 0 Å². The van der Waals surface area contributed by atoms with Gasteiger partial charge in [0.2, 0.25) is 5.91 Å². The fourth-order valence-corrected chi connectivity index (χ4v) is 2.08. The summed E-state index contributed by atoms with van der Waals surface area (Å²) < 4.78 is 0. The van der Waals surface area contributed by atoms with E-state index in [-0.39, 0.29) is 5.91 Å². The topological polar surface area (TPSA) is 35.6 Å². The lowest BCUT2D eigenvalue weighted by molar-refractivity contribution is -0.121. The highest BCUT2D eigenvalue weighted by Gasteiger charge is 2.22. The zero-order valence-electron chi connectivity index (χ0n) is 10.2. The molecule has 0 bridgehead atoms. The van der Waals surface area contributed by atoms with Crippen molar-refractivity contribution in [3.8, 4) is 12.3 Å². The van der Waals surface area contributed by atoms with E-state index in [0.29, 0.717) is 19.1 Å². The minimum Gasteiger partial charge on any atom is -0.344 e. The van der Waals surface area contributed by atoms with Crippen molar-refractivity contribution >= 4 is 5.91 Å². The molecule has 1 saturated heterocycles. The van der Waals surface area contributed by atoms with E-state index in [2.05, 4.69) is 28.1 Å². The summed E-state index contributed by atoms with van der Waals surface area (Å²) in [4.78, 5) is 15.8. The van der Waals surface area contributed by atoms with Crippen molar-refractivity contribution in [1.29, 1.82) is 0 Å². The summed E-state index contributed by atoms with van der Waals surface area (Å²) in [6, 6.07) is 0.588. The minimum absolute atomic E-state index is 0.00102. The molecule has 1 aliphatic rings. The van der Waals surface area contributed by atoms with Crippen molar-refractivity contribution in [3.63, 3.8) is 0 Å². The Hall–Kier alpha value is -1.05. The molecule has 1 heterocycles. The zero-order chi connectivity index (χ0) is 12.0. The molecule has 1 N–H and O–H groups in total. The van der Waals surface area contributed by atoms with Crippen LogP contribution in [0.5, 0.6) is 0 Å². The second kappa shape index (κ2) is 6.51. The average molecular weight is 223 g/mol. The van der Waals surface area contributed by atoms with Gasteiger partial charge in [-0.2, -0.15) is 0 Å². The molecule has 0 aromatic rings. The third-order valence-corrected chi connectivity index (χ3v) is 3.00. The van der Waals surface area contributed by atoms with Gasteiger partial charge >= 0.3 is 0 Å². The molecule has 1 fully saturated rings. The highest BCUT2D eigenvalue weighted by molar-refractivity contribution is 5.78. The SMILES string of the molecule is C#CCNC(=O)CN(C)CC1CCCN1C. The maximum atomic E-state index is 11.4. The monoisotopic (exact) mass is 223 g/mol. The molecule has 4 nitrogen and oxygen atoms in total. The van der Waals surface area contributed by atoms with Gasteiger partial charge in [-0.25, -0.2) is 0 Å². The van der Waals surface area contributed by atoms with Gasteiger partial charge in [0, 0.05) is 12.6 Å². The Labute approximate surface area is 98.0 Å². The lowest BCUT2D eigenvalue weighted by atomic mass is 10.2. The minimum atomic E-state index is 0.00102. The second-order valence-electron chi connectivity index (χ2n) is 4.45. The van der Waals surface area contributed by atoms with Crippen LogP contribution >= 0.6 is 0 Å². The Balaban J connectivity index is 2.22. The number of carbonyl (C=O) groups excluding carboxylic acids is 1. The van der Waals surface area contributed by atoms with Crippen molar-refractivity contribution in [2.45, 2.75) is 18.9 Å². The molecule has 1 atom stereocenters. The van der Waals surface area contributed by atoms with Crippen LogP contribution < -0.4 is 5.32 Å². The third kappa shape index (κ3) is 4.21. The number of hydrogen-bond acceptors (Lipinski definition) is 3. The fourth-order valence-electron chi connectivity index (χ4n) is 2.08. The molecular weight excluding hydrogens is 202 g/mol. The zero-order valence-corrected chi connectivity index (χ0v) is 10.2. The summed E-state index contributed by atoms with van der Waals surface area (Å²) in [5.74, 6) is 2.39. The molecule has 4 heteroatoms. The number of terminal acetylenes is 1. The predicted octanol–water partition coefficient (Wildman–Crippen LogP) is -0.238. The van der Waals surface area contributed by atoms with Gasteiger partial charge in [0.25, 0.3) is 0 Å². The van der Waals surface area contributed by atoms with Crippen LogP contribution in [0.1, 0.15) is 12.8 Å². The van der Waals surface area contributed by atoms with Gasteiger partial charge in [0.05, 0.1) is 13.1 Å². The summed E-state index contributed by atoms with van der Waals surface area (Å²) in [5, 5.41) is 2.67. The smallest absolute Gasteiger partial charge is 0.234 e. The summed E-state index contributed by atoms with van der Waals surface area (Å²) in [5.41, 5.74) is 0. The van der Waals surface area contributed by atoms with Crippen LogP contribution in [-0.4, -0.2) is 62.0 Å². The van der Waals surface area contributed by atoms with Crippen molar-refractivity contribution in [2.75, 3.05) is 40.3 Å². The molecule has 16 heavy (non-hydrogen) atoms. The largest absolute Gasteiger partial charge is 0.344 e. The first-order chi connectivity index (χ1) is 7.63. The molecule has 0 aliphatic carbocycles. The van der Waals surface area contributed by atoms with Crippen LogP contribution in [0.2, 0.25) is 0 Å². The van der Waals surface area contributed by atoms with Crippen molar-refractivity contribution < 1.29 is 4.79 Å². The van der Waals surface area contributed by atoms with Gasteiger partial charge < -0.3 is 10.2 Å². The molecular formula is C12H21N3O. The first kappa shape index (κ1) is 13.0. The third-order valence-electron chi connectivity index (χ3n) is 3.00. The Morgan fingerprint density at radius 3 is 3.00 bits per heavy atom. The quantitative estimate of drug-likeness (QED) is 0.654. The van der Waals surface area contributed by atoms with Crippen LogP contribution in [0.3, 0.4) is 0 Å². The number of nitrogens with zero attached hydrogens (tertiary/aromatic N) is 2. The first-order valence-electron chi connectivity index (χ1n) is 5.72. The van der Waals surface area contributed by atoms with Crippen molar-refractivity contribution in [2.24, 2.45) is 0 Å². The highest BCUT2D eigenvalue weighted by Crippen LogP contribution is 2.14. The molecule has 1 amide bonds. The number of hydrogen-bond donors (Lipinski definition) is 1. The van der Waals surface area contributed by atoms with Crippen LogP contribution in [0.15, 0.2) is 0 Å². The lowest BCUT2D eigenvalue weighted by Crippen LogP contribution is -2.41. The van der Waals surface area contributed by atoms with Gasteiger partial charge in [-0.1, -0.05) is 5.92 Å². The molecule has 0 radical (unpaired) electrons. The van der Waals surface area contributed by atoms with Gasteiger partial charge in [-0.15, -0.1) is 6.42 Å². The number of carbonyl (C=O) groups is 1. The van der Waals surface area contributed by atoms with Crippen LogP contribution in [0, 0.1) is 12.3 Å². The molecule has 0 spiro atoms. The van der Waals surface area contributed by atoms with E-state index in [9.17, 15) is 4.79 Å². The fraction of sp³-hybridized carbons (Fsp3) is 0.750. The maximum absolute atomic E-state index is 11.4. The summed E-state index contributed by atoms with van der Waals surface area (Å²) in [7, 11) is 4.12. The lowest BCUT2D eigenvalue weighted by Gasteiger charge is -2.25. The first-order valence-corrected chi connectivity index (χ1v) is 5.72. The predicted molar refractivity (Wildman–Crippen MR) is 65.0 cm³/mol. The molecule has 1 rings (SSSR count). The Morgan fingerprint density at radius 1 is 1.69 bits per heavy atom. The number of rotatable bonds is 5. The number of likely N-dealkylation sites (tertiary alicyclic amines) is 1.